The van der Waals surface area contributed by atoms with E-state index in [0.29, 0.717) is 11.4 Å². The summed E-state index contributed by atoms with van der Waals surface area (Å²) in [6.45, 7) is 0. The third-order valence-electron chi connectivity index (χ3n) is 2.05. The molecule has 0 atom stereocenters. The van der Waals surface area contributed by atoms with E-state index in [1.165, 1.54) is 13.2 Å². The minimum atomic E-state index is -0.556. The third kappa shape index (κ3) is 2.42. The van der Waals surface area contributed by atoms with E-state index in [-0.39, 0.29) is 10.8 Å². The number of hydrogen-bond donors (Lipinski definition) is 0. The Labute approximate surface area is 102 Å². The molecule has 2 aromatic heterocycles. The number of carbonyl (C=O) groups is 1. The standard InChI is InChI=1S/C10H9ClN4O2/c1-15-5-6(4-12-15)9-13-7(10(16)17-2)3-8(11)14-9/h3-5H,1-2H3. The number of hydrogen-bond acceptors (Lipinski definition) is 5. The fourth-order valence-electron chi connectivity index (χ4n) is 1.29. The van der Waals surface area contributed by atoms with Crippen molar-refractivity contribution in [1.29, 1.82) is 0 Å². The van der Waals surface area contributed by atoms with Crippen LogP contribution in [0.5, 0.6) is 0 Å². The van der Waals surface area contributed by atoms with Gasteiger partial charge in [-0.05, 0) is 0 Å². The molecule has 0 aliphatic carbocycles. The van der Waals surface area contributed by atoms with Gasteiger partial charge in [-0.2, -0.15) is 5.10 Å². The highest BCUT2D eigenvalue weighted by molar-refractivity contribution is 6.29. The van der Waals surface area contributed by atoms with Gasteiger partial charge < -0.3 is 4.74 Å². The lowest BCUT2D eigenvalue weighted by atomic mass is 10.3. The van der Waals surface area contributed by atoms with Gasteiger partial charge in [0.25, 0.3) is 0 Å². The van der Waals surface area contributed by atoms with Crippen molar-refractivity contribution in [2.75, 3.05) is 7.11 Å². The molecule has 6 nitrogen and oxygen atoms in total. The molecule has 0 N–H and O–H groups in total. The van der Waals surface area contributed by atoms with Gasteiger partial charge >= 0.3 is 5.97 Å². The van der Waals surface area contributed by atoms with Crippen molar-refractivity contribution in [2.24, 2.45) is 7.05 Å². The molecular formula is C10H9ClN4O2. The highest BCUT2D eigenvalue weighted by Crippen LogP contribution is 2.17. The summed E-state index contributed by atoms with van der Waals surface area (Å²) in [7, 11) is 3.05. The maximum atomic E-state index is 11.4. The minimum absolute atomic E-state index is 0.117. The highest BCUT2D eigenvalue weighted by atomic mass is 35.5. The molecule has 88 valence electrons. The topological polar surface area (TPSA) is 69.9 Å². The van der Waals surface area contributed by atoms with E-state index in [2.05, 4.69) is 19.8 Å². The van der Waals surface area contributed by atoms with E-state index in [9.17, 15) is 4.79 Å². The van der Waals surface area contributed by atoms with Crippen LogP contribution in [0, 0.1) is 0 Å². The normalized spacial score (nSPS) is 10.3. The summed E-state index contributed by atoms with van der Waals surface area (Å²) in [5.74, 6) is -0.217. The molecule has 0 amide bonds. The van der Waals surface area contributed by atoms with Gasteiger partial charge in [0.2, 0.25) is 0 Å². The molecule has 0 saturated heterocycles. The number of esters is 1. The van der Waals surface area contributed by atoms with Crippen molar-refractivity contribution in [2.45, 2.75) is 0 Å². The Morgan fingerprint density at radius 2 is 2.24 bits per heavy atom. The summed E-state index contributed by atoms with van der Waals surface area (Å²) in [6.07, 6.45) is 3.32. The summed E-state index contributed by atoms with van der Waals surface area (Å²) in [4.78, 5) is 19.5. The van der Waals surface area contributed by atoms with Gasteiger partial charge in [-0.15, -0.1) is 0 Å². The molecule has 0 radical (unpaired) electrons. The molecule has 17 heavy (non-hydrogen) atoms. The van der Waals surface area contributed by atoms with Crippen molar-refractivity contribution in [3.63, 3.8) is 0 Å². The Morgan fingerprint density at radius 3 is 2.82 bits per heavy atom. The van der Waals surface area contributed by atoms with Crippen LogP contribution in [-0.2, 0) is 11.8 Å². The second kappa shape index (κ2) is 4.50. The minimum Gasteiger partial charge on any atom is -0.464 e. The molecule has 0 aliphatic heterocycles. The summed E-state index contributed by atoms with van der Waals surface area (Å²) in [5.41, 5.74) is 0.798. The molecule has 0 aromatic carbocycles. The van der Waals surface area contributed by atoms with Crippen molar-refractivity contribution < 1.29 is 9.53 Å². The number of aryl methyl sites for hydroxylation is 1. The number of aromatic nitrogens is 4. The van der Waals surface area contributed by atoms with E-state index < -0.39 is 5.97 Å². The molecule has 0 spiro atoms. The van der Waals surface area contributed by atoms with Crippen molar-refractivity contribution in [3.8, 4) is 11.4 Å². The Balaban J connectivity index is 2.48. The summed E-state index contributed by atoms with van der Waals surface area (Å²) in [6, 6.07) is 1.35. The van der Waals surface area contributed by atoms with Crippen LogP contribution in [0.25, 0.3) is 11.4 Å². The summed E-state index contributed by atoms with van der Waals surface area (Å²) < 4.78 is 6.19. The molecule has 0 fully saturated rings. The number of methoxy groups -OCH3 is 1. The van der Waals surface area contributed by atoms with Crippen molar-refractivity contribution in [3.05, 3.63) is 29.3 Å². The fourth-order valence-corrected chi connectivity index (χ4v) is 1.48. The second-order valence-corrected chi connectivity index (χ2v) is 3.68. The van der Waals surface area contributed by atoms with Crippen LogP contribution in [-0.4, -0.2) is 32.8 Å². The maximum Gasteiger partial charge on any atom is 0.356 e. The average molecular weight is 253 g/mol. The van der Waals surface area contributed by atoms with Crippen molar-refractivity contribution >= 4 is 17.6 Å². The molecule has 0 saturated carbocycles. The zero-order chi connectivity index (χ0) is 12.4. The van der Waals surface area contributed by atoms with Gasteiger partial charge in [-0.1, -0.05) is 11.6 Å². The highest BCUT2D eigenvalue weighted by Gasteiger charge is 2.13. The van der Waals surface area contributed by atoms with Gasteiger partial charge in [0, 0.05) is 19.3 Å². The first kappa shape index (κ1) is 11.5. The lowest BCUT2D eigenvalue weighted by molar-refractivity contribution is 0.0594. The van der Waals surface area contributed by atoms with Crippen LogP contribution >= 0.6 is 11.6 Å². The molecule has 2 heterocycles. The number of rotatable bonds is 2. The molecule has 2 aromatic rings. The summed E-state index contributed by atoms with van der Waals surface area (Å²) >= 11 is 5.82. The Bertz CT molecular complexity index is 567. The molecule has 7 heteroatoms. The monoisotopic (exact) mass is 252 g/mol. The van der Waals surface area contributed by atoms with E-state index in [0.717, 1.165) is 0 Å². The Kier molecular flexibility index (Phi) is 3.06. The number of halogens is 1. The van der Waals surface area contributed by atoms with Gasteiger partial charge in [0.1, 0.15) is 5.15 Å². The maximum absolute atomic E-state index is 11.4. The number of ether oxygens (including phenoxy) is 1. The second-order valence-electron chi connectivity index (χ2n) is 3.29. The predicted molar refractivity (Wildman–Crippen MR) is 60.6 cm³/mol. The third-order valence-corrected chi connectivity index (χ3v) is 2.25. The quantitative estimate of drug-likeness (QED) is 0.595. The van der Waals surface area contributed by atoms with Crippen LogP contribution in [0.4, 0.5) is 0 Å². The smallest absolute Gasteiger partial charge is 0.356 e. The van der Waals surface area contributed by atoms with Crippen molar-refractivity contribution in [1.82, 2.24) is 19.7 Å². The molecule has 0 unspecified atom stereocenters. The lowest BCUT2D eigenvalue weighted by Gasteiger charge is -2.01. The van der Waals surface area contributed by atoms with Crippen LogP contribution in [0.15, 0.2) is 18.5 Å². The first-order chi connectivity index (χ1) is 8.10. The van der Waals surface area contributed by atoms with E-state index in [1.54, 1.807) is 24.1 Å². The van der Waals surface area contributed by atoms with Gasteiger partial charge in [-0.25, -0.2) is 14.8 Å². The summed E-state index contributed by atoms with van der Waals surface area (Å²) in [5, 5.41) is 4.17. The average Bonchev–Trinajstić information content (AvgIpc) is 2.74. The zero-order valence-corrected chi connectivity index (χ0v) is 9.97. The van der Waals surface area contributed by atoms with E-state index in [1.807, 2.05) is 0 Å². The molecule has 0 aliphatic rings. The number of nitrogens with zero attached hydrogens (tertiary/aromatic N) is 4. The largest absolute Gasteiger partial charge is 0.464 e. The van der Waals surface area contributed by atoms with Crippen LogP contribution in [0.3, 0.4) is 0 Å². The van der Waals surface area contributed by atoms with Gasteiger partial charge in [0.15, 0.2) is 11.5 Å². The molecular weight excluding hydrogens is 244 g/mol. The zero-order valence-electron chi connectivity index (χ0n) is 9.22. The first-order valence-corrected chi connectivity index (χ1v) is 5.10. The van der Waals surface area contributed by atoms with Gasteiger partial charge in [0.05, 0.1) is 18.9 Å². The van der Waals surface area contributed by atoms with E-state index >= 15 is 0 Å². The fraction of sp³-hybridized carbons (Fsp3) is 0.200. The van der Waals surface area contributed by atoms with Crippen LogP contribution < -0.4 is 0 Å². The first-order valence-electron chi connectivity index (χ1n) is 4.72. The SMILES string of the molecule is COC(=O)c1cc(Cl)nc(-c2cnn(C)c2)n1. The Hall–Kier alpha value is -1.95. The Morgan fingerprint density at radius 1 is 1.47 bits per heavy atom. The molecule has 2 rings (SSSR count). The van der Waals surface area contributed by atoms with Crippen LogP contribution in [0.1, 0.15) is 10.5 Å². The van der Waals surface area contributed by atoms with E-state index in [4.69, 9.17) is 11.6 Å². The van der Waals surface area contributed by atoms with Crippen LogP contribution in [0.2, 0.25) is 5.15 Å². The predicted octanol–water partition coefficient (Wildman–Crippen LogP) is 1.32. The number of carbonyl (C=O) groups excluding carboxylic acids is 1. The molecule has 0 bridgehead atoms. The lowest BCUT2D eigenvalue weighted by Crippen LogP contribution is -2.06. The van der Waals surface area contributed by atoms with Gasteiger partial charge in [-0.3, -0.25) is 4.68 Å².